The molecule has 1 fully saturated rings. The summed E-state index contributed by atoms with van der Waals surface area (Å²) in [7, 11) is -1.95. The summed E-state index contributed by atoms with van der Waals surface area (Å²) in [6, 6.07) is 11.6. The highest BCUT2D eigenvalue weighted by molar-refractivity contribution is 7.89. The highest BCUT2D eigenvalue weighted by atomic mass is 35.5. The quantitative estimate of drug-likeness (QED) is 0.669. The van der Waals surface area contributed by atoms with Gasteiger partial charge in [0.1, 0.15) is 5.75 Å². The van der Waals surface area contributed by atoms with Gasteiger partial charge in [-0.25, -0.2) is 8.42 Å². The lowest BCUT2D eigenvalue weighted by Crippen LogP contribution is -2.48. The van der Waals surface area contributed by atoms with Crippen molar-refractivity contribution in [3.05, 3.63) is 58.6 Å². The minimum absolute atomic E-state index is 0.0889. The fraction of sp³-hybridized carbons (Fsp3) is 0.350. The Morgan fingerprint density at radius 1 is 1.07 bits per heavy atom. The van der Waals surface area contributed by atoms with Crippen LogP contribution in [0.4, 0.5) is 0 Å². The van der Waals surface area contributed by atoms with Crippen LogP contribution in [0.25, 0.3) is 0 Å². The molecule has 0 spiro atoms. The number of halogens is 1. The van der Waals surface area contributed by atoms with Crippen molar-refractivity contribution >= 4 is 27.4 Å². The molecule has 0 radical (unpaired) electrons. The average molecular weight is 423 g/mol. The second-order valence-electron chi connectivity index (χ2n) is 6.72. The van der Waals surface area contributed by atoms with E-state index in [1.807, 2.05) is 12.1 Å². The fourth-order valence-corrected chi connectivity index (χ4v) is 4.87. The molecule has 1 aliphatic heterocycles. The van der Waals surface area contributed by atoms with Gasteiger partial charge in [0.2, 0.25) is 10.0 Å². The number of carbonyl (C=O) groups is 1. The van der Waals surface area contributed by atoms with Gasteiger partial charge in [0.25, 0.3) is 0 Å². The van der Waals surface area contributed by atoms with Gasteiger partial charge in [-0.15, -0.1) is 0 Å². The molecular weight excluding hydrogens is 400 g/mol. The molecule has 1 heterocycles. The van der Waals surface area contributed by atoms with Gasteiger partial charge in [-0.3, -0.25) is 9.69 Å². The minimum atomic E-state index is -3.57. The zero-order chi connectivity index (χ0) is 20.3. The predicted octanol–water partition coefficient (Wildman–Crippen LogP) is 3.06. The number of Topliss-reactive ketones (excluding diaryl/α,β-unsaturated/α-hetero) is 1. The highest BCUT2D eigenvalue weighted by Crippen LogP contribution is 2.25. The summed E-state index contributed by atoms with van der Waals surface area (Å²) in [5.74, 6) is 0.680. The second-order valence-corrected chi connectivity index (χ2v) is 9.09. The van der Waals surface area contributed by atoms with E-state index in [1.165, 1.54) is 23.4 Å². The third-order valence-electron chi connectivity index (χ3n) is 4.87. The van der Waals surface area contributed by atoms with Crippen LogP contribution < -0.4 is 4.74 Å². The van der Waals surface area contributed by atoms with Gasteiger partial charge in [-0.2, -0.15) is 4.31 Å². The molecule has 0 amide bonds. The number of hydrogen-bond donors (Lipinski definition) is 0. The average Bonchev–Trinajstić information content (AvgIpc) is 2.68. The van der Waals surface area contributed by atoms with Crippen molar-refractivity contribution in [2.24, 2.45) is 0 Å². The Labute approximate surface area is 170 Å². The maximum atomic E-state index is 12.9. The number of benzene rings is 2. The molecular formula is C20H23ClN2O4S. The molecule has 0 aromatic heterocycles. The number of ketones is 1. The van der Waals surface area contributed by atoms with Crippen molar-refractivity contribution in [2.75, 3.05) is 33.3 Å². The number of sulfonamides is 1. The maximum absolute atomic E-state index is 12.9. The number of hydrogen-bond acceptors (Lipinski definition) is 5. The van der Waals surface area contributed by atoms with Crippen LogP contribution in [0.5, 0.6) is 5.75 Å². The Bertz CT molecular complexity index is 953. The topological polar surface area (TPSA) is 66.9 Å². The van der Waals surface area contributed by atoms with Crippen LogP contribution in [-0.4, -0.2) is 56.7 Å². The molecule has 8 heteroatoms. The molecule has 0 atom stereocenters. The van der Waals surface area contributed by atoms with E-state index in [-0.39, 0.29) is 10.7 Å². The van der Waals surface area contributed by atoms with Crippen molar-refractivity contribution in [3.8, 4) is 5.75 Å². The molecule has 2 aromatic rings. The van der Waals surface area contributed by atoms with E-state index in [9.17, 15) is 13.2 Å². The number of nitrogens with zero attached hydrogens (tertiary/aromatic N) is 2. The zero-order valence-corrected chi connectivity index (χ0v) is 17.5. The molecule has 0 bridgehead atoms. The standard InChI is InChI=1S/C20H23ClN2O4S/c1-15(24)16-3-6-19(7-4-16)28(25,26)23-11-9-22(10-12-23)14-17-13-18(21)5-8-20(17)27-2/h3-8,13H,9-12,14H2,1-2H3. The fourth-order valence-electron chi connectivity index (χ4n) is 3.25. The smallest absolute Gasteiger partial charge is 0.243 e. The molecule has 1 aliphatic rings. The van der Waals surface area contributed by atoms with E-state index in [0.29, 0.717) is 43.3 Å². The number of rotatable bonds is 6. The molecule has 2 aromatic carbocycles. The molecule has 0 unspecified atom stereocenters. The third kappa shape index (κ3) is 4.55. The van der Waals surface area contributed by atoms with E-state index in [1.54, 1.807) is 25.3 Å². The minimum Gasteiger partial charge on any atom is -0.496 e. The predicted molar refractivity (Wildman–Crippen MR) is 108 cm³/mol. The number of methoxy groups -OCH3 is 1. The van der Waals surface area contributed by atoms with Crippen LogP contribution in [0, 0.1) is 0 Å². The lowest BCUT2D eigenvalue weighted by Gasteiger charge is -2.34. The van der Waals surface area contributed by atoms with Crippen molar-refractivity contribution < 1.29 is 17.9 Å². The summed E-state index contributed by atoms with van der Waals surface area (Å²) >= 11 is 6.09. The van der Waals surface area contributed by atoms with Crippen LogP contribution in [-0.2, 0) is 16.6 Å². The molecule has 0 saturated carbocycles. The summed E-state index contributed by atoms with van der Waals surface area (Å²) in [6.07, 6.45) is 0. The SMILES string of the molecule is COc1ccc(Cl)cc1CN1CCN(S(=O)(=O)c2ccc(C(C)=O)cc2)CC1. The van der Waals surface area contributed by atoms with E-state index in [2.05, 4.69) is 4.90 Å². The summed E-state index contributed by atoms with van der Waals surface area (Å²) in [5, 5.41) is 0.644. The van der Waals surface area contributed by atoms with Crippen LogP contribution >= 0.6 is 11.6 Å². The van der Waals surface area contributed by atoms with Crippen LogP contribution in [0.2, 0.25) is 5.02 Å². The molecule has 28 heavy (non-hydrogen) atoms. The molecule has 6 nitrogen and oxygen atoms in total. The first kappa shape index (κ1) is 20.8. The van der Waals surface area contributed by atoms with Crippen molar-refractivity contribution in [1.29, 1.82) is 0 Å². The lowest BCUT2D eigenvalue weighted by molar-refractivity contribution is 0.101. The third-order valence-corrected chi connectivity index (χ3v) is 7.01. The van der Waals surface area contributed by atoms with E-state index >= 15 is 0 Å². The molecule has 3 rings (SSSR count). The van der Waals surface area contributed by atoms with Crippen LogP contribution in [0.1, 0.15) is 22.8 Å². The maximum Gasteiger partial charge on any atom is 0.243 e. The Balaban J connectivity index is 1.66. The lowest BCUT2D eigenvalue weighted by atomic mass is 10.1. The number of ether oxygens (including phenoxy) is 1. The van der Waals surface area contributed by atoms with Crippen molar-refractivity contribution in [2.45, 2.75) is 18.4 Å². The molecule has 150 valence electrons. The Morgan fingerprint density at radius 2 is 1.71 bits per heavy atom. The first-order valence-electron chi connectivity index (χ1n) is 8.97. The normalized spacial score (nSPS) is 16.1. The Hall–Kier alpha value is -1.93. The summed E-state index contributed by atoms with van der Waals surface area (Å²) in [5.41, 5.74) is 1.48. The van der Waals surface area contributed by atoms with Gasteiger partial charge in [0, 0.05) is 48.9 Å². The summed E-state index contributed by atoms with van der Waals surface area (Å²) in [6.45, 7) is 4.13. The van der Waals surface area contributed by atoms with Crippen molar-refractivity contribution in [1.82, 2.24) is 9.21 Å². The van der Waals surface area contributed by atoms with Gasteiger partial charge >= 0.3 is 0 Å². The first-order chi connectivity index (χ1) is 13.3. The number of piperazine rings is 1. The van der Waals surface area contributed by atoms with Gasteiger partial charge < -0.3 is 4.74 Å². The number of carbonyl (C=O) groups excluding carboxylic acids is 1. The highest BCUT2D eigenvalue weighted by Gasteiger charge is 2.28. The molecule has 1 saturated heterocycles. The van der Waals surface area contributed by atoms with Crippen LogP contribution in [0.15, 0.2) is 47.4 Å². The van der Waals surface area contributed by atoms with E-state index in [0.717, 1.165) is 11.3 Å². The first-order valence-corrected chi connectivity index (χ1v) is 10.8. The second kappa shape index (κ2) is 8.61. The Kier molecular flexibility index (Phi) is 6.40. The van der Waals surface area contributed by atoms with Crippen LogP contribution in [0.3, 0.4) is 0 Å². The van der Waals surface area contributed by atoms with Crippen molar-refractivity contribution in [3.63, 3.8) is 0 Å². The Morgan fingerprint density at radius 3 is 2.29 bits per heavy atom. The largest absolute Gasteiger partial charge is 0.496 e. The molecule has 0 aliphatic carbocycles. The molecule has 0 N–H and O–H groups in total. The van der Waals surface area contributed by atoms with Gasteiger partial charge in [0.05, 0.1) is 12.0 Å². The summed E-state index contributed by atoms with van der Waals surface area (Å²) < 4.78 is 32.6. The van der Waals surface area contributed by atoms with Gasteiger partial charge in [0.15, 0.2) is 5.78 Å². The van der Waals surface area contributed by atoms with Gasteiger partial charge in [-0.1, -0.05) is 23.7 Å². The monoisotopic (exact) mass is 422 g/mol. The van der Waals surface area contributed by atoms with Gasteiger partial charge in [-0.05, 0) is 37.3 Å². The van der Waals surface area contributed by atoms with E-state index in [4.69, 9.17) is 16.3 Å². The summed E-state index contributed by atoms with van der Waals surface area (Å²) in [4.78, 5) is 13.8. The van der Waals surface area contributed by atoms with E-state index < -0.39 is 10.0 Å². The zero-order valence-electron chi connectivity index (χ0n) is 15.9.